The summed E-state index contributed by atoms with van der Waals surface area (Å²) in [5.74, 6) is 0.00223. The Morgan fingerprint density at radius 1 is 1.30 bits per heavy atom. The van der Waals surface area contributed by atoms with Gasteiger partial charge in [0.25, 0.3) is 0 Å². The molecule has 0 unspecified atom stereocenters. The van der Waals surface area contributed by atoms with Gasteiger partial charge in [-0.15, -0.1) is 0 Å². The number of rotatable bonds is 5. The number of carbonyl (C=O) groups is 1. The lowest BCUT2D eigenvalue weighted by Crippen LogP contribution is -2.51. The smallest absolute Gasteiger partial charge is 0.227 e. The van der Waals surface area contributed by atoms with Crippen molar-refractivity contribution in [3.8, 4) is 0 Å². The van der Waals surface area contributed by atoms with Gasteiger partial charge in [0.15, 0.2) is 5.13 Å². The molecule has 0 radical (unpaired) electrons. The Labute approximate surface area is 140 Å². The first kappa shape index (κ1) is 16.3. The predicted octanol–water partition coefficient (Wildman–Crippen LogP) is 1.69. The van der Waals surface area contributed by atoms with Gasteiger partial charge in [0.05, 0.1) is 10.2 Å². The lowest BCUT2D eigenvalue weighted by molar-refractivity contribution is -0.116. The van der Waals surface area contributed by atoms with Crippen LogP contribution in [0.1, 0.15) is 12.0 Å². The minimum absolute atomic E-state index is 0.00223. The van der Waals surface area contributed by atoms with Gasteiger partial charge in [0.1, 0.15) is 0 Å². The van der Waals surface area contributed by atoms with E-state index < -0.39 is 0 Å². The molecule has 2 N–H and O–H groups in total. The van der Waals surface area contributed by atoms with Crippen LogP contribution >= 0.6 is 11.3 Å². The number of nitrogens with zero attached hydrogens (tertiary/aromatic N) is 3. The largest absolute Gasteiger partial charge is 0.304 e. The van der Waals surface area contributed by atoms with Gasteiger partial charge in [0, 0.05) is 39.1 Å². The second-order valence-corrected chi connectivity index (χ2v) is 7.02. The lowest BCUT2D eigenvalue weighted by atomic mass is 10.2. The number of benzene rings is 1. The van der Waals surface area contributed by atoms with Crippen LogP contribution in [0.5, 0.6) is 0 Å². The maximum atomic E-state index is 12.0. The molecule has 7 heteroatoms. The number of amides is 1. The number of anilines is 1. The van der Waals surface area contributed by atoms with Crippen molar-refractivity contribution < 1.29 is 4.79 Å². The summed E-state index contributed by atoms with van der Waals surface area (Å²) in [5, 5.41) is 5.76. The second-order valence-electron chi connectivity index (χ2n) is 5.99. The van der Waals surface area contributed by atoms with E-state index in [1.54, 1.807) is 0 Å². The number of hydrazine groups is 1. The zero-order chi connectivity index (χ0) is 16.2. The average molecular weight is 333 g/mol. The molecule has 1 saturated heterocycles. The van der Waals surface area contributed by atoms with Crippen LogP contribution in [0.4, 0.5) is 5.13 Å². The highest BCUT2D eigenvalue weighted by molar-refractivity contribution is 7.22. The third-order valence-electron chi connectivity index (χ3n) is 3.98. The van der Waals surface area contributed by atoms with Crippen LogP contribution in [0.2, 0.25) is 0 Å². The number of nitrogens with one attached hydrogen (secondary N) is 2. The highest BCUT2D eigenvalue weighted by Crippen LogP contribution is 2.26. The van der Waals surface area contributed by atoms with Crippen molar-refractivity contribution in [1.82, 2.24) is 20.3 Å². The molecule has 0 bridgehead atoms. The summed E-state index contributed by atoms with van der Waals surface area (Å²) in [6, 6.07) is 6.12. The Morgan fingerprint density at radius 3 is 2.87 bits per heavy atom. The number of fused-ring (bicyclic) bond motifs is 1. The first-order valence-electron chi connectivity index (χ1n) is 7.94. The van der Waals surface area contributed by atoms with Gasteiger partial charge in [0.2, 0.25) is 5.91 Å². The van der Waals surface area contributed by atoms with Crippen LogP contribution in [0.15, 0.2) is 18.2 Å². The SMILES string of the molecule is Cc1ccc2nc(NC(=O)CCNN3CCN(C)CC3)sc2c1. The van der Waals surface area contributed by atoms with Crippen molar-refractivity contribution in [3.63, 3.8) is 0 Å². The zero-order valence-electron chi connectivity index (χ0n) is 13.6. The number of piperazine rings is 1. The van der Waals surface area contributed by atoms with Gasteiger partial charge < -0.3 is 10.2 Å². The molecular weight excluding hydrogens is 310 g/mol. The number of aromatic nitrogens is 1. The van der Waals surface area contributed by atoms with Crippen LogP contribution in [0.3, 0.4) is 0 Å². The third kappa shape index (κ3) is 4.48. The molecule has 1 fully saturated rings. The Hall–Kier alpha value is -1.54. The standard InChI is InChI=1S/C16H23N5OS/c1-12-3-4-13-14(11-12)23-16(18-13)19-15(22)5-6-17-21-9-7-20(2)8-10-21/h3-4,11,17H,5-10H2,1-2H3,(H,18,19,22). The Morgan fingerprint density at radius 2 is 2.09 bits per heavy atom. The molecule has 3 rings (SSSR count). The number of likely N-dealkylation sites (N-methyl/N-ethyl adjacent to an activating group) is 1. The van der Waals surface area contributed by atoms with Gasteiger partial charge in [-0.2, -0.15) is 0 Å². The number of carbonyl (C=O) groups excluding carboxylic acids is 1. The summed E-state index contributed by atoms with van der Waals surface area (Å²) in [5.41, 5.74) is 5.46. The summed E-state index contributed by atoms with van der Waals surface area (Å²) in [6.45, 7) is 6.82. The molecule has 1 aliphatic heterocycles. The van der Waals surface area contributed by atoms with E-state index in [0.717, 1.165) is 36.4 Å². The van der Waals surface area contributed by atoms with Gasteiger partial charge in [-0.1, -0.05) is 17.4 Å². The highest BCUT2D eigenvalue weighted by atomic mass is 32.1. The summed E-state index contributed by atoms with van der Waals surface area (Å²) < 4.78 is 1.11. The minimum Gasteiger partial charge on any atom is -0.304 e. The Balaban J connectivity index is 1.45. The normalized spacial score (nSPS) is 16.8. The number of thiazole rings is 1. The number of hydrogen-bond acceptors (Lipinski definition) is 6. The predicted molar refractivity (Wildman–Crippen MR) is 94.7 cm³/mol. The summed E-state index contributed by atoms with van der Waals surface area (Å²) in [6.07, 6.45) is 0.446. The minimum atomic E-state index is 0.00223. The van der Waals surface area contributed by atoms with Crippen LogP contribution in [0.25, 0.3) is 10.2 Å². The van der Waals surface area contributed by atoms with Crippen molar-refractivity contribution in [1.29, 1.82) is 0 Å². The molecule has 1 aromatic heterocycles. The van der Waals surface area contributed by atoms with E-state index in [-0.39, 0.29) is 5.91 Å². The fourth-order valence-electron chi connectivity index (χ4n) is 2.56. The van der Waals surface area contributed by atoms with Crippen LogP contribution in [-0.4, -0.2) is 60.6 Å². The monoisotopic (exact) mass is 333 g/mol. The molecule has 2 heterocycles. The van der Waals surface area contributed by atoms with Gasteiger partial charge in [-0.25, -0.2) is 9.99 Å². The Kier molecular flexibility index (Phi) is 5.22. The molecule has 0 aliphatic carbocycles. The van der Waals surface area contributed by atoms with E-state index in [2.05, 4.69) is 45.7 Å². The van der Waals surface area contributed by atoms with Crippen molar-refractivity contribution in [2.45, 2.75) is 13.3 Å². The molecule has 23 heavy (non-hydrogen) atoms. The fraction of sp³-hybridized carbons (Fsp3) is 0.500. The van der Waals surface area contributed by atoms with Crippen molar-refractivity contribution in [2.24, 2.45) is 0 Å². The first-order valence-corrected chi connectivity index (χ1v) is 8.76. The molecule has 0 spiro atoms. The highest BCUT2D eigenvalue weighted by Gasteiger charge is 2.13. The van der Waals surface area contributed by atoms with E-state index in [9.17, 15) is 4.79 Å². The zero-order valence-corrected chi connectivity index (χ0v) is 14.4. The van der Waals surface area contributed by atoms with Crippen molar-refractivity contribution in [3.05, 3.63) is 23.8 Å². The quantitative estimate of drug-likeness (QED) is 0.872. The first-order chi connectivity index (χ1) is 11.1. The molecule has 1 aliphatic rings. The summed E-state index contributed by atoms with van der Waals surface area (Å²) in [7, 11) is 2.13. The number of aryl methyl sites for hydroxylation is 1. The van der Waals surface area contributed by atoms with E-state index in [1.165, 1.54) is 16.9 Å². The second kappa shape index (κ2) is 7.35. The maximum Gasteiger partial charge on any atom is 0.227 e. The topological polar surface area (TPSA) is 60.5 Å². The maximum absolute atomic E-state index is 12.0. The van der Waals surface area contributed by atoms with E-state index in [1.807, 2.05) is 12.1 Å². The molecular formula is C16H23N5OS. The molecule has 1 amide bonds. The Bertz CT molecular complexity index is 678. The van der Waals surface area contributed by atoms with Crippen molar-refractivity contribution in [2.75, 3.05) is 45.1 Å². The fourth-order valence-corrected chi connectivity index (χ4v) is 3.54. The molecule has 124 valence electrons. The van der Waals surface area contributed by atoms with E-state index in [4.69, 9.17) is 0 Å². The summed E-state index contributed by atoms with van der Waals surface area (Å²) in [4.78, 5) is 18.8. The van der Waals surface area contributed by atoms with Gasteiger partial charge in [-0.05, 0) is 31.7 Å². The average Bonchev–Trinajstić information content (AvgIpc) is 2.90. The van der Waals surface area contributed by atoms with Crippen LogP contribution in [0, 0.1) is 6.92 Å². The number of hydrogen-bond donors (Lipinski definition) is 2. The van der Waals surface area contributed by atoms with Crippen molar-refractivity contribution >= 4 is 32.6 Å². The van der Waals surface area contributed by atoms with E-state index >= 15 is 0 Å². The molecule has 0 atom stereocenters. The van der Waals surface area contributed by atoms with Gasteiger partial charge in [-0.3, -0.25) is 10.2 Å². The van der Waals surface area contributed by atoms with Crippen LogP contribution < -0.4 is 10.7 Å². The van der Waals surface area contributed by atoms with Crippen LogP contribution in [-0.2, 0) is 4.79 Å². The molecule has 0 saturated carbocycles. The third-order valence-corrected chi connectivity index (χ3v) is 4.91. The lowest BCUT2D eigenvalue weighted by Gasteiger charge is -2.32. The molecule has 1 aromatic carbocycles. The molecule has 2 aromatic rings. The summed E-state index contributed by atoms with van der Waals surface area (Å²) >= 11 is 1.52. The molecule has 6 nitrogen and oxygen atoms in total. The van der Waals surface area contributed by atoms with E-state index in [0.29, 0.717) is 18.1 Å². The van der Waals surface area contributed by atoms with Gasteiger partial charge >= 0.3 is 0 Å².